The molecule has 19 heavy (non-hydrogen) atoms. The first kappa shape index (κ1) is 14.4. The topological polar surface area (TPSA) is 40.8 Å². The van der Waals surface area contributed by atoms with Gasteiger partial charge in [-0.25, -0.2) is 0 Å². The lowest BCUT2D eigenvalue weighted by Crippen LogP contribution is -2.41. The molecule has 1 aromatic rings. The molecule has 1 aromatic heterocycles. The zero-order valence-electron chi connectivity index (χ0n) is 12.2. The summed E-state index contributed by atoms with van der Waals surface area (Å²) in [6, 6.07) is 3.80. The maximum atomic E-state index is 5.86. The summed E-state index contributed by atoms with van der Waals surface area (Å²) in [5, 5.41) is 0. The number of hydrogen-bond donors (Lipinski definition) is 0. The van der Waals surface area contributed by atoms with Crippen LogP contribution in [0.2, 0.25) is 0 Å². The maximum absolute atomic E-state index is 5.86. The smallest absolute Gasteiger partial charge is 0.459 e. The van der Waals surface area contributed by atoms with E-state index in [-0.39, 0.29) is 18.3 Å². The molecule has 1 aliphatic heterocycles. The Morgan fingerprint density at radius 3 is 2.37 bits per heavy atom. The molecule has 4 nitrogen and oxygen atoms in total. The predicted octanol–water partition coefficient (Wildman–Crippen LogP) is 3.07. The van der Waals surface area contributed by atoms with Gasteiger partial charge in [-0.15, -0.1) is 0 Å². The van der Waals surface area contributed by atoms with Gasteiger partial charge in [-0.1, -0.05) is 5.98 Å². The van der Waals surface area contributed by atoms with Crippen LogP contribution in [0.15, 0.2) is 22.5 Å². The molecule has 0 aliphatic carbocycles. The third-order valence-electron chi connectivity index (χ3n) is 3.66. The monoisotopic (exact) mass is 264 g/mol. The third-order valence-corrected chi connectivity index (χ3v) is 3.66. The molecule has 1 aliphatic rings. The highest BCUT2D eigenvalue weighted by Gasteiger charge is 2.50. The van der Waals surface area contributed by atoms with Gasteiger partial charge in [0, 0.05) is 7.11 Å². The average molecular weight is 264 g/mol. The zero-order valence-corrected chi connectivity index (χ0v) is 12.2. The molecular weight excluding hydrogens is 243 g/mol. The van der Waals surface area contributed by atoms with Gasteiger partial charge < -0.3 is 18.5 Å². The van der Waals surface area contributed by atoms with Gasteiger partial charge in [-0.05, 0) is 45.9 Å². The van der Waals surface area contributed by atoms with Gasteiger partial charge in [0.05, 0.1) is 11.2 Å². The predicted molar refractivity (Wildman–Crippen MR) is 74.5 cm³/mol. The van der Waals surface area contributed by atoms with Crippen molar-refractivity contribution in [2.45, 2.75) is 45.5 Å². The first-order valence-electron chi connectivity index (χ1n) is 6.45. The highest BCUT2D eigenvalue weighted by molar-refractivity contribution is 6.52. The molecule has 1 saturated heterocycles. The second-order valence-electron chi connectivity index (χ2n) is 5.72. The Bertz CT molecular complexity index is 446. The van der Waals surface area contributed by atoms with Crippen LogP contribution >= 0.6 is 0 Å². The maximum Gasteiger partial charge on any atom is 0.487 e. The van der Waals surface area contributed by atoms with Crippen molar-refractivity contribution >= 4 is 13.2 Å². The van der Waals surface area contributed by atoms with E-state index in [0.29, 0.717) is 6.61 Å². The minimum absolute atomic E-state index is 0.313. The van der Waals surface area contributed by atoms with E-state index in [1.54, 1.807) is 7.11 Å². The lowest BCUT2D eigenvalue weighted by molar-refractivity contribution is 0.00578. The van der Waals surface area contributed by atoms with E-state index in [1.807, 2.05) is 51.9 Å². The largest absolute Gasteiger partial charge is 0.487 e. The first-order valence-corrected chi connectivity index (χ1v) is 6.45. The van der Waals surface area contributed by atoms with Crippen molar-refractivity contribution in [1.29, 1.82) is 0 Å². The fourth-order valence-electron chi connectivity index (χ4n) is 1.84. The van der Waals surface area contributed by atoms with E-state index in [4.69, 9.17) is 18.5 Å². The van der Waals surface area contributed by atoms with Crippen molar-refractivity contribution in [3.63, 3.8) is 0 Å². The van der Waals surface area contributed by atoms with Crippen molar-refractivity contribution in [2.24, 2.45) is 0 Å². The molecular formula is C14H21BO4. The van der Waals surface area contributed by atoms with E-state index >= 15 is 0 Å². The molecule has 0 bridgehead atoms. The number of hydrogen-bond acceptors (Lipinski definition) is 4. The Balaban J connectivity index is 2.00. The fraction of sp³-hybridized carbons (Fsp3) is 0.571. The molecule has 0 atom stereocenters. The average Bonchev–Trinajstić information content (AvgIpc) is 2.80. The van der Waals surface area contributed by atoms with Gasteiger partial charge in [-0.3, -0.25) is 0 Å². The van der Waals surface area contributed by atoms with Crippen LogP contribution in [0, 0.1) is 0 Å². The first-order chi connectivity index (χ1) is 8.84. The molecule has 0 N–H and O–H groups in total. The highest BCUT2D eigenvalue weighted by Crippen LogP contribution is 2.37. The summed E-state index contributed by atoms with van der Waals surface area (Å²) in [7, 11) is 1.29. The van der Waals surface area contributed by atoms with Gasteiger partial charge in [0.2, 0.25) is 0 Å². The Labute approximate surface area is 114 Å². The summed E-state index contributed by atoms with van der Waals surface area (Å²) in [5.74, 6) is 3.43. The fourth-order valence-corrected chi connectivity index (χ4v) is 1.84. The van der Waals surface area contributed by atoms with Crippen LogP contribution < -0.4 is 0 Å². The lowest BCUT2D eigenvalue weighted by atomic mass is 9.90. The van der Waals surface area contributed by atoms with Crippen molar-refractivity contribution < 1.29 is 18.5 Å². The molecule has 2 heterocycles. The summed E-state index contributed by atoms with van der Waals surface area (Å²) in [6.45, 7) is 8.61. The molecule has 0 radical (unpaired) electrons. The molecule has 0 amide bonds. The van der Waals surface area contributed by atoms with Crippen LogP contribution in [-0.4, -0.2) is 25.4 Å². The van der Waals surface area contributed by atoms with Crippen LogP contribution in [0.1, 0.15) is 39.2 Å². The molecule has 104 valence electrons. The minimum atomic E-state index is -0.346. The lowest BCUT2D eigenvalue weighted by Gasteiger charge is -2.32. The van der Waals surface area contributed by atoms with Gasteiger partial charge in [-0.2, -0.15) is 0 Å². The molecule has 2 rings (SSSR count). The molecule has 0 spiro atoms. The van der Waals surface area contributed by atoms with E-state index in [9.17, 15) is 0 Å². The van der Waals surface area contributed by atoms with Crippen molar-refractivity contribution in [3.05, 3.63) is 29.6 Å². The zero-order chi connectivity index (χ0) is 14.1. The molecule has 0 aromatic carbocycles. The Kier molecular flexibility index (Phi) is 3.90. The Hall–Kier alpha value is -1.04. The van der Waals surface area contributed by atoms with Crippen molar-refractivity contribution in [2.75, 3.05) is 7.11 Å². The SMILES string of the molecule is COCc1ccc(/C=C/B2OC(C)(C)C(C)(C)O2)o1. The van der Waals surface area contributed by atoms with Crippen LogP contribution in [-0.2, 0) is 20.7 Å². The van der Waals surface area contributed by atoms with Crippen LogP contribution in [0.4, 0.5) is 0 Å². The second-order valence-corrected chi connectivity index (χ2v) is 5.72. The quantitative estimate of drug-likeness (QED) is 0.783. The Morgan fingerprint density at radius 2 is 1.79 bits per heavy atom. The van der Waals surface area contributed by atoms with E-state index < -0.39 is 0 Å². The van der Waals surface area contributed by atoms with Crippen LogP contribution in [0.3, 0.4) is 0 Å². The molecule has 0 saturated carbocycles. The number of rotatable bonds is 4. The van der Waals surface area contributed by atoms with E-state index in [0.717, 1.165) is 11.5 Å². The van der Waals surface area contributed by atoms with Crippen molar-refractivity contribution in [1.82, 2.24) is 0 Å². The summed E-state index contributed by atoms with van der Waals surface area (Å²) in [6.07, 6.45) is 1.86. The molecule has 1 fully saturated rings. The van der Waals surface area contributed by atoms with E-state index in [1.165, 1.54) is 0 Å². The van der Waals surface area contributed by atoms with Crippen LogP contribution in [0.5, 0.6) is 0 Å². The summed E-state index contributed by atoms with van der Waals surface area (Å²) >= 11 is 0. The standard InChI is InChI=1S/C14H21BO4/c1-13(2)14(3,4)19-15(18-13)9-8-11-6-7-12(17-11)10-16-5/h6-9H,10H2,1-5H3/b9-8+. The van der Waals surface area contributed by atoms with Gasteiger partial charge in [0.15, 0.2) is 0 Å². The number of furan rings is 1. The molecule has 5 heteroatoms. The normalized spacial score (nSPS) is 21.4. The Morgan fingerprint density at radius 1 is 1.16 bits per heavy atom. The van der Waals surface area contributed by atoms with Gasteiger partial charge in [0.1, 0.15) is 18.1 Å². The highest BCUT2D eigenvalue weighted by atomic mass is 16.7. The van der Waals surface area contributed by atoms with E-state index in [2.05, 4.69) is 0 Å². The second kappa shape index (κ2) is 5.15. The third kappa shape index (κ3) is 3.11. The van der Waals surface area contributed by atoms with Gasteiger partial charge >= 0.3 is 7.12 Å². The number of methoxy groups -OCH3 is 1. The minimum Gasteiger partial charge on any atom is -0.459 e. The summed E-state index contributed by atoms with van der Waals surface area (Å²) < 4.78 is 22.3. The van der Waals surface area contributed by atoms with Gasteiger partial charge in [0.25, 0.3) is 0 Å². The van der Waals surface area contributed by atoms with Crippen molar-refractivity contribution in [3.8, 4) is 0 Å². The summed E-state index contributed by atoms with van der Waals surface area (Å²) in [4.78, 5) is 0. The number of ether oxygens (including phenoxy) is 1. The summed E-state index contributed by atoms with van der Waals surface area (Å²) in [5.41, 5.74) is -0.626. The van der Waals surface area contributed by atoms with Crippen LogP contribution in [0.25, 0.3) is 6.08 Å². The molecule has 0 unspecified atom stereocenters.